The van der Waals surface area contributed by atoms with Gasteiger partial charge in [-0.15, -0.1) is 0 Å². The van der Waals surface area contributed by atoms with Gasteiger partial charge < -0.3 is 15.4 Å². The number of amides is 1. The summed E-state index contributed by atoms with van der Waals surface area (Å²) in [5.41, 5.74) is 9.56. The molecule has 2 N–H and O–H groups in total. The van der Waals surface area contributed by atoms with Crippen LogP contribution in [0.2, 0.25) is 0 Å². The molecule has 0 atom stereocenters. The van der Waals surface area contributed by atoms with Gasteiger partial charge in [0.15, 0.2) is 0 Å². The monoisotopic (exact) mass is 359 g/mol. The molecule has 1 aromatic carbocycles. The molecule has 0 radical (unpaired) electrons. The maximum atomic E-state index is 12.4. The molecule has 5 nitrogen and oxygen atoms in total. The summed E-state index contributed by atoms with van der Waals surface area (Å²) < 4.78 is 5.25. The van der Waals surface area contributed by atoms with Gasteiger partial charge in [0.05, 0.1) is 13.2 Å². The molecule has 0 spiro atoms. The lowest BCUT2D eigenvalue weighted by Crippen LogP contribution is -2.40. The van der Waals surface area contributed by atoms with Crippen LogP contribution in [0.1, 0.15) is 62.9 Å². The highest BCUT2D eigenvalue weighted by Gasteiger charge is 2.19. The molecule has 26 heavy (non-hydrogen) atoms. The number of aliphatic imine (C=N–C) groups is 1. The number of allylic oxidation sites excluding steroid dienone is 1. The number of anilines is 1. The molecule has 1 aromatic rings. The minimum Gasteiger partial charge on any atom is -0.398 e. The van der Waals surface area contributed by atoms with Crippen molar-refractivity contribution >= 4 is 17.3 Å². The molecular formula is C21H33N3O2. The summed E-state index contributed by atoms with van der Waals surface area (Å²) >= 11 is 0. The molecule has 5 heteroatoms. The van der Waals surface area contributed by atoms with Crippen molar-refractivity contribution in [3.63, 3.8) is 0 Å². The van der Waals surface area contributed by atoms with E-state index < -0.39 is 0 Å². The molecule has 0 unspecified atom stereocenters. The summed E-state index contributed by atoms with van der Waals surface area (Å²) in [7, 11) is 0. The van der Waals surface area contributed by atoms with Crippen LogP contribution in [-0.4, -0.2) is 42.8 Å². The molecule has 2 rings (SSSR count). The third-order valence-electron chi connectivity index (χ3n) is 4.05. The number of carbonyl (C=O) groups is 1. The number of nitrogens with zero attached hydrogens (tertiary/aromatic N) is 2. The minimum atomic E-state index is -0.00829. The summed E-state index contributed by atoms with van der Waals surface area (Å²) in [5.74, 6) is -0.00829. The Hall–Kier alpha value is -2.14. The first-order chi connectivity index (χ1) is 12.4. The van der Waals surface area contributed by atoms with Crippen molar-refractivity contribution in [1.82, 2.24) is 4.90 Å². The maximum absolute atomic E-state index is 12.4. The lowest BCUT2D eigenvalue weighted by atomic mass is 10.0. The number of unbranched alkanes of at least 4 members (excludes halogenated alkanes) is 2. The van der Waals surface area contributed by atoms with E-state index >= 15 is 0 Å². The fourth-order valence-corrected chi connectivity index (χ4v) is 2.67. The Balaban J connectivity index is 0.000000597. The van der Waals surface area contributed by atoms with Gasteiger partial charge in [0.2, 0.25) is 0 Å². The summed E-state index contributed by atoms with van der Waals surface area (Å²) in [6, 6.07) is 5.34. The van der Waals surface area contributed by atoms with Gasteiger partial charge in [-0.2, -0.15) is 0 Å². The van der Waals surface area contributed by atoms with Crippen LogP contribution in [0, 0.1) is 0 Å². The van der Waals surface area contributed by atoms with Crippen molar-refractivity contribution in [2.75, 3.05) is 32.0 Å². The summed E-state index contributed by atoms with van der Waals surface area (Å²) in [6.07, 6.45) is 4.08. The van der Waals surface area contributed by atoms with Crippen LogP contribution >= 0.6 is 0 Å². The van der Waals surface area contributed by atoms with E-state index in [0.29, 0.717) is 37.6 Å². The van der Waals surface area contributed by atoms with Crippen LogP contribution in [0.25, 0.3) is 0 Å². The predicted octanol–water partition coefficient (Wildman–Crippen LogP) is 4.28. The Bertz CT molecular complexity index is 630. The van der Waals surface area contributed by atoms with E-state index in [-0.39, 0.29) is 5.91 Å². The van der Waals surface area contributed by atoms with Crippen LogP contribution in [-0.2, 0) is 4.74 Å². The Morgan fingerprint density at radius 1 is 1.23 bits per heavy atom. The number of nitrogen functional groups attached to an aromatic ring is 1. The smallest absolute Gasteiger partial charge is 0.254 e. The van der Waals surface area contributed by atoms with Crippen LogP contribution < -0.4 is 5.73 Å². The van der Waals surface area contributed by atoms with E-state index in [2.05, 4.69) is 25.4 Å². The first-order valence-corrected chi connectivity index (χ1v) is 9.38. The number of rotatable bonds is 5. The Labute approximate surface area is 157 Å². The van der Waals surface area contributed by atoms with E-state index in [4.69, 9.17) is 10.5 Å². The highest BCUT2D eigenvalue weighted by molar-refractivity contribution is 6.05. The lowest BCUT2D eigenvalue weighted by molar-refractivity contribution is 0.0303. The third kappa shape index (κ3) is 7.00. The molecule has 1 amide bonds. The second-order valence-corrected chi connectivity index (χ2v) is 6.49. The lowest BCUT2D eigenvalue weighted by Gasteiger charge is -2.27. The van der Waals surface area contributed by atoms with E-state index in [1.165, 1.54) is 19.3 Å². The third-order valence-corrected chi connectivity index (χ3v) is 4.05. The number of hydrogen-bond donors (Lipinski definition) is 1. The van der Waals surface area contributed by atoms with Crippen LogP contribution in [0.15, 0.2) is 35.5 Å². The van der Waals surface area contributed by atoms with Gasteiger partial charge in [0, 0.05) is 41.3 Å². The Morgan fingerprint density at radius 3 is 2.31 bits per heavy atom. The summed E-state index contributed by atoms with van der Waals surface area (Å²) in [5, 5.41) is 0. The second kappa shape index (κ2) is 11.5. The molecule has 1 aliphatic heterocycles. The van der Waals surface area contributed by atoms with E-state index in [9.17, 15) is 4.79 Å². The highest BCUT2D eigenvalue weighted by Crippen LogP contribution is 2.18. The van der Waals surface area contributed by atoms with Gasteiger partial charge in [-0.05, 0) is 26.0 Å². The largest absolute Gasteiger partial charge is 0.398 e. The van der Waals surface area contributed by atoms with Crippen molar-refractivity contribution in [3.05, 3.63) is 41.6 Å². The number of benzene rings is 1. The zero-order valence-electron chi connectivity index (χ0n) is 16.7. The van der Waals surface area contributed by atoms with Crippen LogP contribution in [0.3, 0.4) is 0 Å². The SMILES string of the molecule is C=C(C)N=C(C)c1ccc(C(=O)N2CCOCC2)cc1N.CCCCC. The average molecular weight is 360 g/mol. The topological polar surface area (TPSA) is 67.9 Å². The summed E-state index contributed by atoms with van der Waals surface area (Å²) in [6.45, 7) is 14.3. The summed E-state index contributed by atoms with van der Waals surface area (Å²) in [4.78, 5) is 18.5. The van der Waals surface area contributed by atoms with Gasteiger partial charge >= 0.3 is 0 Å². The van der Waals surface area contributed by atoms with Crippen molar-refractivity contribution in [2.24, 2.45) is 4.99 Å². The molecule has 0 aromatic heterocycles. The number of hydrogen-bond acceptors (Lipinski definition) is 4. The maximum Gasteiger partial charge on any atom is 0.254 e. The fourth-order valence-electron chi connectivity index (χ4n) is 2.67. The quantitative estimate of drug-likeness (QED) is 0.630. The van der Waals surface area contributed by atoms with E-state index in [0.717, 1.165) is 17.0 Å². The second-order valence-electron chi connectivity index (χ2n) is 6.49. The van der Waals surface area contributed by atoms with E-state index in [1.807, 2.05) is 19.9 Å². The number of morpholine rings is 1. The van der Waals surface area contributed by atoms with Crippen LogP contribution in [0.4, 0.5) is 5.69 Å². The van der Waals surface area contributed by atoms with Crippen molar-refractivity contribution in [2.45, 2.75) is 47.0 Å². The normalized spacial score (nSPS) is 14.5. The average Bonchev–Trinajstić information content (AvgIpc) is 2.62. The molecule has 0 aliphatic carbocycles. The zero-order chi connectivity index (χ0) is 19.5. The van der Waals surface area contributed by atoms with Crippen LogP contribution in [0.5, 0.6) is 0 Å². The van der Waals surface area contributed by atoms with Gasteiger partial charge in [-0.1, -0.05) is 45.8 Å². The van der Waals surface area contributed by atoms with Crippen molar-refractivity contribution in [3.8, 4) is 0 Å². The Morgan fingerprint density at radius 2 is 1.85 bits per heavy atom. The first-order valence-electron chi connectivity index (χ1n) is 9.38. The fraction of sp³-hybridized carbons (Fsp3) is 0.524. The molecule has 1 heterocycles. The predicted molar refractivity (Wildman–Crippen MR) is 110 cm³/mol. The molecule has 1 fully saturated rings. The van der Waals surface area contributed by atoms with Gasteiger partial charge in [0.25, 0.3) is 5.91 Å². The van der Waals surface area contributed by atoms with Gasteiger partial charge in [-0.25, -0.2) is 0 Å². The molecule has 144 valence electrons. The standard InChI is InChI=1S/C16H21N3O2.C5H12/c1-11(2)18-12(3)14-5-4-13(10-15(14)17)16(20)19-6-8-21-9-7-19;1-3-5-4-2/h4-5,10H,1,6-9,17H2,2-3H3;3-5H2,1-2H3. The van der Waals surface area contributed by atoms with E-state index in [1.54, 1.807) is 17.0 Å². The highest BCUT2D eigenvalue weighted by atomic mass is 16.5. The zero-order valence-corrected chi connectivity index (χ0v) is 16.7. The molecule has 0 saturated carbocycles. The van der Waals surface area contributed by atoms with Gasteiger partial charge in [0.1, 0.15) is 0 Å². The first kappa shape index (κ1) is 21.9. The molecule has 1 aliphatic rings. The Kier molecular flexibility index (Phi) is 9.66. The number of ether oxygens (including phenoxy) is 1. The minimum absolute atomic E-state index is 0.00829. The van der Waals surface area contributed by atoms with Crippen molar-refractivity contribution in [1.29, 1.82) is 0 Å². The van der Waals surface area contributed by atoms with Gasteiger partial charge in [-0.3, -0.25) is 9.79 Å². The molecular weight excluding hydrogens is 326 g/mol. The molecule has 1 saturated heterocycles. The molecule has 0 bridgehead atoms. The number of nitrogens with two attached hydrogens (primary N) is 1. The number of carbonyl (C=O) groups excluding carboxylic acids is 1. The van der Waals surface area contributed by atoms with Crippen molar-refractivity contribution < 1.29 is 9.53 Å².